The van der Waals surface area contributed by atoms with Gasteiger partial charge in [0, 0.05) is 23.7 Å². The molecule has 0 aliphatic rings. The van der Waals surface area contributed by atoms with E-state index < -0.39 is 15.9 Å². The van der Waals surface area contributed by atoms with Crippen LogP contribution in [0.1, 0.15) is 29.8 Å². The zero-order valence-corrected chi connectivity index (χ0v) is 16.1. The standard InChI is InChI=1S/C18H20ClN3O3S/c1-3-22(4-2)26(24,25)17-10-6-8-15(12-17)18(23)21-20-13-14-7-5-9-16(19)11-14/h5-13H,3-4H2,1-2H3,(H,21,23)/b20-13-. The maximum absolute atomic E-state index is 12.6. The maximum Gasteiger partial charge on any atom is 0.271 e. The van der Waals surface area contributed by atoms with E-state index >= 15 is 0 Å². The number of hydrogen-bond acceptors (Lipinski definition) is 4. The van der Waals surface area contributed by atoms with Crippen molar-refractivity contribution in [2.45, 2.75) is 18.7 Å². The fourth-order valence-corrected chi connectivity index (χ4v) is 4.03. The van der Waals surface area contributed by atoms with Crippen molar-refractivity contribution in [1.82, 2.24) is 9.73 Å². The summed E-state index contributed by atoms with van der Waals surface area (Å²) < 4.78 is 26.4. The molecule has 138 valence electrons. The van der Waals surface area contributed by atoms with E-state index in [0.29, 0.717) is 18.1 Å². The van der Waals surface area contributed by atoms with Crippen LogP contribution in [0.4, 0.5) is 0 Å². The molecule has 0 aliphatic heterocycles. The van der Waals surface area contributed by atoms with Crippen LogP contribution in [0.25, 0.3) is 0 Å². The first kappa shape index (κ1) is 20.1. The fourth-order valence-electron chi connectivity index (χ4n) is 2.33. The number of nitrogens with one attached hydrogen (secondary N) is 1. The number of halogens is 1. The van der Waals surface area contributed by atoms with Gasteiger partial charge in [0.2, 0.25) is 10.0 Å². The summed E-state index contributed by atoms with van der Waals surface area (Å²) in [6.07, 6.45) is 1.46. The molecule has 26 heavy (non-hydrogen) atoms. The van der Waals surface area contributed by atoms with Crippen LogP contribution in [-0.2, 0) is 10.0 Å². The third-order valence-electron chi connectivity index (χ3n) is 3.67. The maximum atomic E-state index is 12.6. The van der Waals surface area contributed by atoms with Gasteiger partial charge < -0.3 is 0 Å². The summed E-state index contributed by atoms with van der Waals surface area (Å²) in [7, 11) is -3.63. The molecule has 1 amide bonds. The molecule has 8 heteroatoms. The summed E-state index contributed by atoms with van der Waals surface area (Å²) in [4.78, 5) is 12.3. The van der Waals surface area contributed by atoms with Gasteiger partial charge in [-0.25, -0.2) is 13.8 Å². The first-order valence-electron chi connectivity index (χ1n) is 8.07. The first-order chi connectivity index (χ1) is 12.4. The van der Waals surface area contributed by atoms with E-state index in [0.717, 1.165) is 5.56 Å². The summed E-state index contributed by atoms with van der Waals surface area (Å²) in [6.45, 7) is 4.25. The lowest BCUT2D eigenvalue weighted by molar-refractivity contribution is 0.0955. The zero-order valence-electron chi connectivity index (χ0n) is 14.5. The van der Waals surface area contributed by atoms with Gasteiger partial charge in [0.15, 0.2) is 0 Å². The molecule has 0 unspecified atom stereocenters. The van der Waals surface area contributed by atoms with Crippen LogP contribution in [-0.4, -0.2) is 37.9 Å². The Morgan fingerprint density at radius 1 is 1.15 bits per heavy atom. The molecule has 0 fully saturated rings. The van der Waals surface area contributed by atoms with Crippen molar-refractivity contribution in [3.8, 4) is 0 Å². The molecule has 0 aromatic heterocycles. The minimum Gasteiger partial charge on any atom is -0.267 e. The monoisotopic (exact) mass is 393 g/mol. The Balaban J connectivity index is 2.15. The average Bonchev–Trinajstić information content (AvgIpc) is 2.62. The Bertz CT molecular complexity index is 909. The summed E-state index contributed by atoms with van der Waals surface area (Å²) in [6, 6.07) is 12.9. The molecule has 0 saturated carbocycles. The third-order valence-corrected chi connectivity index (χ3v) is 5.95. The zero-order chi connectivity index (χ0) is 19.2. The van der Waals surface area contributed by atoms with Crippen LogP contribution in [0.2, 0.25) is 5.02 Å². The number of sulfonamides is 1. The average molecular weight is 394 g/mol. The highest BCUT2D eigenvalue weighted by Crippen LogP contribution is 2.17. The van der Waals surface area contributed by atoms with Gasteiger partial charge in [-0.15, -0.1) is 0 Å². The molecule has 2 aromatic rings. The number of carbonyl (C=O) groups excluding carboxylic acids is 1. The van der Waals surface area contributed by atoms with Crippen LogP contribution in [0.3, 0.4) is 0 Å². The van der Waals surface area contributed by atoms with Crippen LogP contribution in [0, 0.1) is 0 Å². The Labute approximate surface area is 158 Å². The number of rotatable bonds is 7. The Hall–Kier alpha value is -2.22. The van der Waals surface area contributed by atoms with E-state index in [-0.39, 0.29) is 10.5 Å². The molecule has 0 spiro atoms. The van der Waals surface area contributed by atoms with Gasteiger partial charge in [0.1, 0.15) is 0 Å². The van der Waals surface area contributed by atoms with E-state index in [1.807, 2.05) is 0 Å². The first-order valence-corrected chi connectivity index (χ1v) is 9.89. The molecule has 2 rings (SSSR count). The molecular formula is C18H20ClN3O3S. The van der Waals surface area contributed by atoms with Crippen molar-refractivity contribution in [3.63, 3.8) is 0 Å². The van der Waals surface area contributed by atoms with E-state index in [1.165, 1.54) is 34.8 Å². The molecule has 0 aliphatic carbocycles. The van der Waals surface area contributed by atoms with Crippen molar-refractivity contribution < 1.29 is 13.2 Å². The highest BCUT2D eigenvalue weighted by Gasteiger charge is 2.22. The summed E-state index contributed by atoms with van der Waals surface area (Å²) in [5.41, 5.74) is 3.32. The minimum absolute atomic E-state index is 0.0765. The Morgan fingerprint density at radius 3 is 2.50 bits per heavy atom. The molecule has 0 atom stereocenters. The SMILES string of the molecule is CCN(CC)S(=O)(=O)c1cccc(C(=O)N/N=C\c2cccc(Cl)c2)c1. The van der Waals surface area contributed by atoms with Crippen LogP contribution in [0.15, 0.2) is 58.5 Å². The van der Waals surface area contributed by atoms with Gasteiger partial charge >= 0.3 is 0 Å². The fraction of sp³-hybridized carbons (Fsp3) is 0.222. The van der Waals surface area contributed by atoms with E-state index in [4.69, 9.17) is 11.6 Å². The molecule has 0 radical (unpaired) electrons. The van der Waals surface area contributed by atoms with Crippen LogP contribution < -0.4 is 5.43 Å². The Kier molecular flexibility index (Phi) is 6.90. The van der Waals surface area contributed by atoms with Crippen molar-refractivity contribution >= 4 is 33.7 Å². The van der Waals surface area contributed by atoms with Crippen LogP contribution >= 0.6 is 11.6 Å². The van der Waals surface area contributed by atoms with Gasteiger partial charge in [-0.3, -0.25) is 4.79 Å². The van der Waals surface area contributed by atoms with E-state index in [9.17, 15) is 13.2 Å². The molecule has 0 bridgehead atoms. The largest absolute Gasteiger partial charge is 0.271 e. The predicted molar refractivity (Wildman–Crippen MR) is 103 cm³/mol. The van der Waals surface area contributed by atoms with Crippen molar-refractivity contribution in [2.24, 2.45) is 5.10 Å². The summed E-state index contributed by atoms with van der Waals surface area (Å²) in [5.74, 6) is -0.500. The lowest BCUT2D eigenvalue weighted by atomic mass is 10.2. The molecule has 2 aromatic carbocycles. The second-order valence-corrected chi connectivity index (χ2v) is 7.75. The number of amides is 1. The van der Waals surface area contributed by atoms with E-state index in [1.54, 1.807) is 38.1 Å². The Morgan fingerprint density at radius 2 is 1.85 bits per heavy atom. The molecule has 0 heterocycles. The molecule has 0 saturated heterocycles. The van der Waals surface area contributed by atoms with Gasteiger partial charge in [-0.2, -0.15) is 9.41 Å². The second kappa shape index (κ2) is 8.93. The lowest BCUT2D eigenvalue weighted by Crippen LogP contribution is -2.30. The number of hydrogen-bond donors (Lipinski definition) is 1. The summed E-state index contributed by atoms with van der Waals surface area (Å²) in [5, 5.41) is 4.44. The van der Waals surface area contributed by atoms with Gasteiger partial charge in [0.05, 0.1) is 11.1 Å². The number of carbonyl (C=O) groups is 1. The number of hydrazone groups is 1. The smallest absolute Gasteiger partial charge is 0.267 e. The van der Waals surface area contributed by atoms with E-state index in [2.05, 4.69) is 10.5 Å². The highest BCUT2D eigenvalue weighted by molar-refractivity contribution is 7.89. The van der Waals surface area contributed by atoms with Crippen LogP contribution in [0.5, 0.6) is 0 Å². The molecule has 1 N–H and O–H groups in total. The summed E-state index contributed by atoms with van der Waals surface area (Å²) >= 11 is 5.88. The van der Waals surface area contributed by atoms with Gasteiger partial charge in [-0.05, 0) is 35.9 Å². The quantitative estimate of drug-likeness (QED) is 0.579. The van der Waals surface area contributed by atoms with Crippen molar-refractivity contribution in [3.05, 3.63) is 64.7 Å². The molecule has 6 nitrogen and oxygen atoms in total. The minimum atomic E-state index is -3.63. The lowest BCUT2D eigenvalue weighted by Gasteiger charge is -2.18. The van der Waals surface area contributed by atoms with Gasteiger partial charge in [0.25, 0.3) is 5.91 Å². The number of benzene rings is 2. The van der Waals surface area contributed by atoms with Crippen molar-refractivity contribution in [1.29, 1.82) is 0 Å². The highest BCUT2D eigenvalue weighted by atomic mass is 35.5. The topological polar surface area (TPSA) is 78.8 Å². The number of nitrogens with zero attached hydrogens (tertiary/aromatic N) is 2. The second-order valence-electron chi connectivity index (χ2n) is 5.37. The van der Waals surface area contributed by atoms with Crippen molar-refractivity contribution in [2.75, 3.05) is 13.1 Å². The molecular weight excluding hydrogens is 374 g/mol. The third kappa shape index (κ3) is 4.91. The normalized spacial score (nSPS) is 11.8. The predicted octanol–water partition coefficient (Wildman–Crippen LogP) is 3.13. The van der Waals surface area contributed by atoms with Gasteiger partial charge in [-0.1, -0.05) is 43.6 Å².